The summed E-state index contributed by atoms with van der Waals surface area (Å²) in [5.41, 5.74) is 0.550. The van der Waals surface area contributed by atoms with Gasteiger partial charge in [-0.05, 0) is 54.7 Å². The maximum absolute atomic E-state index is 14.0. The second kappa shape index (κ2) is 10.8. The van der Waals surface area contributed by atoms with Crippen molar-refractivity contribution in [3.8, 4) is 11.5 Å². The van der Waals surface area contributed by atoms with E-state index in [1.54, 1.807) is 0 Å². The highest BCUT2D eigenvalue weighted by Crippen LogP contribution is 2.44. The molecule has 5 nitrogen and oxygen atoms in total. The molecule has 1 saturated heterocycles. The normalized spacial score (nSPS) is 19.2. The van der Waals surface area contributed by atoms with E-state index >= 15 is 0 Å². The largest absolute Gasteiger partial charge is 0.488 e. The summed E-state index contributed by atoms with van der Waals surface area (Å²) >= 11 is 0. The van der Waals surface area contributed by atoms with Gasteiger partial charge in [0.2, 0.25) is 34.8 Å². The Kier molecular flexibility index (Phi) is 7.66. The summed E-state index contributed by atoms with van der Waals surface area (Å²) in [6, 6.07) is 6.68. The molecule has 1 fully saturated rings. The summed E-state index contributed by atoms with van der Waals surface area (Å²) in [4.78, 5) is -0.618. The fourth-order valence-electron chi connectivity index (χ4n) is 4.97. The fraction of sp³-hybridized carbons (Fsp3) is 0.333. The molecule has 0 saturated carbocycles. The molecule has 220 valence electrons. The molecule has 1 aliphatic carbocycles. The van der Waals surface area contributed by atoms with Crippen LogP contribution in [0, 0.1) is 29.1 Å². The molecule has 0 spiro atoms. The molecule has 41 heavy (non-hydrogen) atoms. The van der Waals surface area contributed by atoms with Crippen LogP contribution in [-0.2, 0) is 27.5 Å². The first-order valence-corrected chi connectivity index (χ1v) is 13.7. The Balaban J connectivity index is 1.50. The van der Waals surface area contributed by atoms with Crippen molar-refractivity contribution in [1.29, 1.82) is 0 Å². The highest BCUT2D eigenvalue weighted by molar-refractivity contribution is 7.87. The highest BCUT2D eigenvalue weighted by atomic mass is 32.2. The summed E-state index contributed by atoms with van der Waals surface area (Å²) in [5, 5.41) is 0. The van der Waals surface area contributed by atoms with Gasteiger partial charge in [-0.3, -0.25) is 0 Å². The summed E-state index contributed by atoms with van der Waals surface area (Å²) in [6.07, 6.45) is -3.26. The molecule has 5 rings (SSSR count). The lowest BCUT2D eigenvalue weighted by atomic mass is 9.78. The van der Waals surface area contributed by atoms with Crippen LogP contribution in [0.2, 0.25) is 0 Å². The van der Waals surface area contributed by atoms with Crippen molar-refractivity contribution in [3.05, 3.63) is 87.7 Å². The Hall–Kier alpha value is -3.39. The van der Waals surface area contributed by atoms with Gasteiger partial charge < -0.3 is 13.7 Å². The summed E-state index contributed by atoms with van der Waals surface area (Å²) < 4.78 is 150. The Morgan fingerprint density at radius 3 is 2.12 bits per heavy atom. The van der Waals surface area contributed by atoms with Crippen LogP contribution in [0.15, 0.2) is 41.3 Å². The van der Waals surface area contributed by atoms with Gasteiger partial charge in [-0.2, -0.15) is 30.4 Å². The number of fused-ring (bicyclic) bond motifs is 1. The van der Waals surface area contributed by atoms with Gasteiger partial charge in [-0.1, -0.05) is 12.1 Å². The quantitative estimate of drug-likeness (QED) is 0.133. The molecule has 0 aromatic heterocycles. The molecule has 0 amide bonds. The predicted octanol–water partition coefficient (Wildman–Crippen LogP) is 6.80. The van der Waals surface area contributed by atoms with Crippen LogP contribution >= 0.6 is 0 Å². The second-order valence-electron chi connectivity index (χ2n) is 9.60. The van der Waals surface area contributed by atoms with Crippen molar-refractivity contribution < 1.29 is 57.2 Å². The first kappa shape index (κ1) is 29.1. The molecule has 2 aliphatic rings. The van der Waals surface area contributed by atoms with Gasteiger partial charge in [0.05, 0.1) is 18.8 Å². The van der Waals surface area contributed by atoms with Crippen LogP contribution in [0.5, 0.6) is 11.5 Å². The van der Waals surface area contributed by atoms with Gasteiger partial charge in [-0.15, -0.1) is 0 Å². The van der Waals surface area contributed by atoms with Crippen LogP contribution in [0.4, 0.5) is 35.1 Å². The summed E-state index contributed by atoms with van der Waals surface area (Å²) in [7, 11) is -5.07. The van der Waals surface area contributed by atoms with E-state index in [9.17, 15) is 43.5 Å². The molecular formula is C27H20F8O5S. The van der Waals surface area contributed by atoms with E-state index in [0.29, 0.717) is 49.0 Å². The number of rotatable bonds is 6. The summed E-state index contributed by atoms with van der Waals surface area (Å²) in [5.74, 6) is -14.6. The first-order valence-electron chi connectivity index (χ1n) is 12.3. The van der Waals surface area contributed by atoms with E-state index in [2.05, 4.69) is 4.18 Å². The van der Waals surface area contributed by atoms with Crippen LogP contribution < -0.4 is 8.92 Å². The molecule has 1 aliphatic heterocycles. The third-order valence-electron chi connectivity index (χ3n) is 6.98. The van der Waals surface area contributed by atoms with E-state index in [1.165, 1.54) is 12.1 Å². The monoisotopic (exact) mass is 608 g/mol. The Labute approximate surface area is 228 Å². The molecule has 0 unspecified atom stereocenters. The summed E-state index contributed by atoms with van der Waals surface area (Å²) in [6.45, 7) is 0.608. The van der Waals surface area contributed by atoms with Crippen LogP contribution in [0.1, 0.15) is 47.4 Å². The van der Waals surface area contributed by atoms with E-state index in [1.807, 2.05) is 0 Å². The molecular weight excluding hydrogens is 588 g/mol. The lowest BCUT2D eigenvalue weighted by Crippen LogP contribution is -2.20. The minimum atomic E-state index is -5.07. The van der Waals surface area contributed by atoms with E-state index in [4.69, 9.17) is 9.47 Å². The van der Waals surface area contributed by atoms with Crippen molar-refractivity contribution in [3.63, 3.8) is 0 Å². The zero-order valence-electron chi connectivity index (χ0n) is 20.8. The lowest BCUT2D eigenvalue weighted by molar-refractivity contribution is -0.137. The maximum Gasteiger partial charge on any atom is 0.416 e. The molecule has 2 atom stereocenters. The minimum absolute atomic E-state index is 0.0134. The highest BCUT2D eigenvalue weighted by Gasteiger charge is 2.35. The number of aryl methyl sites for hydroxylation is 1. The van der Waals surface area contributed by atoms with E-state index in [0.717, 1.165) is 24.3 Å². The number of ether oxygens (including phenoxy) is 2. The van der Waals surface area contributed by atoms with Crippen LogP contribution in [0.25, 0.3) is 0 Å². The van der Waals surface area contributed by atoms with E-state index in [-0.39, 0.29) is 12.4 Å². The molecule has 0 N–H and O–H groups in total. The number of benzene rings is 3. The van der Waals surface area contributed by atoms with Crippen molar-refractivity contribution >= 4 is 10.1 Å². The minimum Gasteiger partial charge on any atom is -0.488 e. The number of hydrogen-bond acceptors (Lipinski definition) is 5. The number of hydrogen-bond donors (Lipinski definition) is 0. The number of alkyl halides is 3. The third-order valence-corrected chi connectivity index (χ3v) is 8.20. The van der Waals surface area contributed by atoms with Gasteiger partial charge in [-0.25, -0.2) is 13.2 Å². The van der Waals surface area contributed by atoms with Gasteiger partial charge in [0.1, 0.15) is 16.7 Å². The molecule has 14 heteroatoms. The predicted molar refractivity (Wildman–Crippen MR) is 127 cm³/mol. The SMILES string of the molecule is O=S(=O)(Oc1c(F)c(F)c(F)c(F)c1F)c1ccc2c(c1)CCC[C@H]2c1ccc(C(F)(F)F)cc1O[C@H]1CCOC1. The Bertz CT molecular complexity index is 1570. The zero-order valence-corrected chi connectivity index (χ0v) is 21.7. The van der Waals surface area contributed by atoms with Gasteiger partial charge in [0.25, 0.3) is 0 Å². The second-order valence-corrected chi connectivity index (χ2v) is 11.1. The van der Waals surface area contributed by atoms with Gasteiger partial charge >= 0.3 is 16.3 Å². The molecule has 3 aromatic rings. The lowest BCUT2D eigenvalue weighted by Gasteiger charge is -2.29. The Morgan fingerprint density at radius 2 is 1.49 bits per heavy atom. The van der Waals surface area contributed by atoms with Gasteiger partial charge in [0.15, 0.2) is 0 Å². The standard InChI is InChI=1S/C27H20F8O5S/c28-21-22(29)24(31)26(25(32)23(21)30)40-41(36,37)16-5-7-17-13(10-16)2-1-3-18(17)19-6-4-14(27(33,34)35)11-20(19)39-15-8-9-38-12-15/h4-7,10-11,15,18H,1-3,8-9,12H2/t15-,18+/m0/s1. The average molecular weight is 609 g/mol. The number of halogens is 8. The Morgan fingerprint density at radius 1 is 0.829 bits per heavy atom. The van der Waals surface area contributed by atoms with Gasteiger partial charge in [0, 0.05) is 17.9 Å². The maximum atomic E-state index is 14.0. The average Bonchev–Trinajstić information content (AvgIpc) is 3.45. The third kappa shape index (κ3) is 5.59. The topological polar surface area (TPSA) is 61.8 Å². The van der Waals surface area contributed by atoms with E-state index < -0.39 is 73.6 Å². The molecule has 0 radical (unpaired) electrons. The fourth-order valence-corrected chi connectivity index (χ4v) is 5.95. The molecule has 0 bridgehead atoms. The molecule has 1 heterocycles. The van der Waals surface area contributed by atoms with Crippen molar-refractivity contribution in [2.45, 2.75) is 48.8 Å². The zero-order chi connectivity index (χ0) is 29.7. The van der Waals surface area contributed by atoms with Crippen LogP contribution in [-0.4, -0.2) is 27.7 Å². The van der Waals surface area contributed by atoms with Crippen molar-refractivity contribution in [2.24, 2.45) is 0 Å². The van der Waals surface area contributed by atoms with Crippen molar-refractivity contribution in [2.75, 3.05) is 13.2 Å². The van der Waals surface area contributed by atoms with Crippen LogP contribution in [0.3, 0.4) is 0 Å². The van der Waals surface area contributed by atoms with Crippen molar-refractivity contribution in [1.82, 2.24) is 0 Å². The first-order chi connectivity index (χ1) is 19.3. The molecule has 3 aromatic carbocycles. The smallest absolute Gasteiger partial charge is 0.416 e.